The topological polar surface area (TPSA) is 33.3 Å². The molecule has 0 heterocycles. The molecular weight excluding hydrogens is 304 g/mol. The summed E-state index contributed by atoms with van der Waals surface area (Å²) >= 11 is 5.26. The van der Waals surface area contributed by atoms with Gasteiger partial charge in [0, 0.05) is 12.6 Å². The van der Waals surface area contributed by atoms with Crippen molar-refractivity contribution in [1.82, 2.24) is 10.6 Å². The Balaban J connectivity index is 1.38. The van der Waals surface area contributed by atoms with Crippen molar-refractivity contribution in [2.75, 3.05) is 0 Å². The Bertz CT molecular complexity index is 624. The number of benzene rings is 2. The third-order valence-corrected chi connectivity index (χ3v) is 4.03. The zero-order chi connectivity index (χ0) is 15.9. The molecule has 2 N–H and O–H groups in total. The summed E-state index contributed by atoms with van der Waals surface area (Å²) in [6.45, 7) is 2.03. The van der Waals surface area contributed by atoms with Crippen LogP contribution in [-0.4, -0.2) is 11.2 Å². The second-order valence-corrected chi connectivity index (χ2v) is 6.30. The van der Waals surface area contributed by atoms with Gasteiger partial charge in [0.2, 0.25) is 0 Å². The first-order valence-electron chi connectivity index (χ1n) is 8.03. The van der Waals surface area contributed by atoms with Gasteiger partial charge in [0.05, 0.1) is 13.2 Å². The van der Waals surface area contributed by atoms with E-state index in [-0.39, 0.29) is 0 Å². The Morgan fingerprint density at radius 1 is 0.913 bits per heavy atom. The lowest BCUT2D eigenvalue weighted by Gasteiger charge is -2.10. The first-order chi connectivity index (χ1) is 11.3. The van der Waals surface area contributed by atoms with E-state index < -0.39 is 0 Å². The lowest BCUT2D eigenvalue weighted by molar-refractivity contribution is 0.107. The molecule has 2 aromatic carbocycles. The van der Waals surface area contributed by atoms with E-state index in [0.717, 1.165) is 11.7 Å². The summed E-state index contributed by atoms with van der Waals surface area (Å²) < 4.78 is 5.75. The molecule has 0 saturated heterocycles. The number of thiocarbonyl (C=S) groups is 1. The van der Waals surface area contributed by atoms with Crippen molar-refractivity contribution in [3.8, 4) is 0 Å². The molecule has 0 atom stereocenters. The quantitative estimate of drug-likeness (QED) is 0.763. The van der Waals surface area contributed by atoms with Crippen molar-refractivity contribution in [2.24, 2.45) is 0 Å². The van der Waals surface area contributed by atoms with Gasteiger partial charge >= 0.3 is 0 Å². The van der Waals surface area contributed by atoms with E-state index in [2.05, 4.69) is 47.0 Å². The summed E-state index contributed by atoms with van der Waals surface area (Å²) in [5, 5.41) is 7.28. The van der Waals surface area contributed by atoms with E-state index >= 15 is 0 Å². The largest absolute Gasteiger partial charge is 0.372 e. The second kappa shape index (κ2) is 8.09. The standard InChI is InChI=1S/C19H22N2OS/c23-19(21-18-10-11-18)20-12-15-6-8-17(9-7-15)14-22-13-16-4-2-1-3-5-16/h1-9,18H,10-14H2,(H2,20,21,23). The highest BCUT2D eigenvalue weighted by atomic mass is 32.1. The van der Waals surface area contributed by atoms with Crippen LogP contribution in [0.2, 0.25) is 0 Å². The molecule has 0 aromatic heterocycles. The normalized spacial score (nSPS) is 13.6. The average molecular weight is 326 g/mol. The van der Waals surface area contributed by atoms with Crippen LogP contribution in [0.3, 0.4) is 0 Å². The van der Waals surface area contributed by atoms with E-state index in [4.69, 9.17) is 17.0 Å². The number of rotatable bonds is 7. The first-order valence-corrected chi connectivity index (χ1v) is 8.44. The highest BCUT2D eigenvalue weighted by Crippen LogP contribution is 2.18. The Hall–Kier alpha value is -1.91. The second-order valence-electron chi connectivity index (χ2n) is 5.90. The number of hydrogen-bond donors (Lipinski definition) is 2. The molecule has 0 spiro atoms. The van der Waals surface area contributed by atoms with E-state index in [1.807, 2.05) is 18.2 Å². The third kappa shape index (κ3) is 5.66. The van der Waals surface area contributed by atoms with Crippen LogP contribution in [0.5, 0.6) is 0 Å². The molecule has 0 aliphatic heterocycles. The molecule has 1 saturated carbocycles. The molecule has 2 aromatic rings. The van der Waals surface area contributed by atoms with Gasteiger partial charge in [0.15, 0.2) is 5.11 Å². The third-order valence-electron chi connectivity index (χ3n) is 3.77. The molecule has 120 valence electrons. The van der Waals surface area contributed by atoms with Crippen LogP contribution in [0.1, 0.15) is 29.5 Å². The minimum atomic E-state index is 0.596. The van der Waals surface area contributed by atoms with Crippen LogP contribution in [0, 0.1) is 0 Å². The molecule has 0 bridgehead atoms. The fourth-order valence-corrected chi connectivity index (χ4v) is 2.50. The minimum absolute atomic E-state index is 0.596. The van der Waals surface area contributed by atoms with Gasteiger partial charge in [-0.1, -0.05) is 54.6 Å². The van der Waals surface area contributed by atoms with E-state index in [0.29, 0.717) is 19.3 Å². The zero-order valence-electron chi connectivity index (χ0n) is 13.1. The Kier molecular flexibility index (Phi) is 5.61. The number of nitrogens with one attached hydrogen (secondary N) is 2. The maximum atomic E-state index is 5.75. The summed E-state index contributed by atoms with van der Waals surface area (Å²) in [5.41, 5.74) is 3.60. The fraction of sp³-hybridized carbons (Fsp3) is 0.316. The van der Waals surface area contributed by atoms with Gasteiger partial charge in [-0.15, -0.1) is 0 Å². The SMILES string of the molecule is S=C(NCc1ccc(COCc2ccccc2)cc1)NC1CC1. The molecule has 23 heavy (non-hydrogen) atoms. The number of ether oxygens (including phenoxy) is 1. The van der Waals surface area contributed by atoms with Crippen LogP contribution >= 0.6 is 12.2 Å². The Morgan fingerprint density at radius 2 is 1.52 bits per heavy atom. The summed E-state index contributed by atoms with van der Waals surface area (Å²) in [5.74, 6) is 0. The number of hydrogen-bond acceptors (Lipinski definition) is 2. The fourth-order valence-electron chi connectivity index (χ4n) is 2.26. The van der Waals surface area contributed by atoms with Crippen molar-refractivity contribution < 1.29 is 4.74 Å². The summed E-state index contributed by atoms with van der Waals surface area (Å²) in [7, 11) is 0. The van der Waals surface area contributed by atoms with Crippen molar-refractivity contribution in [3.05, 3.63) is 71.3 Å². The molecule has 3 nitrogen and oxygen atoms in total. The molecule has 0 amide bonds. The average Bonchev–Trinajstić information content (AvgIpc) is 3.39. The van der Waals surface area contributed by atoms with Crippen molar-refractivity contribution >= 4 is 17.3 Å². The maximum Gasteiger partial charge on any atom is 0.166 e. The van der Waals surface area contributed by atoms with E-state index in [1.54, 1.807) is 0 Å². The smallest absolute Gasteiger partial charge is 0.166 e. The molecule has 4 heteroatoms. The predicted octanol–water partition coefficient (Wildman–Crippen LogP) is 3.53. The van der Waals surface area contributed by atoms with Crippen LogP contribution in [0.4, 0.5) is 0 Å². The van der Waals surface area contributed by atoms with Gasteiger partial charge in [0.25, 0.3) is 0 Å². The lowest BCUT2D eigenvalue weighted by atomic mass is 10.1. The highest BCUT2D eigenvalue weighted by molar-refractivity contribution is 7.80. The van der Waals surface area contributed by atoms with Crippen LogP contribution in [0.25, 0.3) is 0 Å². The van der Waals surface area contributed by atoms with Gasteiger partial charge in [0.1, 0.15) is 0 Å². The summed E-state index contributed by atoms with van der Waals surface area (Å²) in [4.78, 5) is 0. The minimum Gasteiger partial charge on any atom is -0.372 e. The van der Waals surface area contributed by atoms with Gasteiger partial charge in [-0.25, -0.2) is 0 Å². The molecule has 1 fully saturated rings. The molecule has 0 unspecified atom stereocenters. The zero-order valence-corrected chi connectivity index (χ0v) is 13.9. The highest BCUT2D eigenvalue weighted by Gasteiger charge is 2.21. The van der Waals surface area contributed by atoms with Crippen LogP contribution < -0.4 is 10.6 Å². The van der Waals surface area contributed by atoms with Gasteiger partial charge in [-0.3, -0.25) is 0 Å². The van der Waals surface area contributed by atoms with E-state index in [1.165, 1.54) is 29.5 Å². The summed E-state index contributed by atoms with van der Waals surface area (Å²) in [6, 6.07) is 19.3. The van der Waals surface area contributed by atoms with Crippen molar-refractivity contribution in [3.63, 3.8) is 0 Å². The Morgan fingerprint density at radius 3 is 2.17 bits per heavy atom. The molecular formula is C19H22N2OS. The Labute approximate surface area is 143 Å². The maximum absolute atomic E-state index is 5.75. The van der Waals surface area contributed by atoms with Crippen molar-refractivity contribution in [2.45, 2.75) is 38.6 Å². The molecule has 3 rings (SSSR count). The first kappa shape index (κ1) is 16.0. The van der Waals surface area contributed by atoms with Crippen LogP contribution in [-0.2, 0) is 24.5 Å². The predicted molar refractivity (Wildman–Crippen MR) is 97.0 cm³/mol. The molecule has 1 aliphatic carbocycles. The van der Waals surface area contributed by atoms with Gasteiger partial charge in [-0.05, 0) is 41.7 Å². The van der Waals surface area contributed by atoms with E-state index in [9.17, 15) is 0 Å². The molecule has 1 aliphatic rings. The lowest BCUT2D eigenvalue weighted by Crippen LogP contribution is -2.36. The summed E-state index contributed by atoms with van der Waals surface area (Å²) in [6.07, 6.45) is 2.47. The van der Waals surface area contributed by atoms with Crippen LogP contribution in [0.15, 0.2) is 54.6 Å². The monoisotopic (exact) mass is 326 g/mol. The molecule has 0 radical (unpaired) electrons. The van der Waals surface area contributed by atoms with Gasteiger partial charge < -0.3 is 15.4 Å². The van der Waals surface area contributed by atoms with Crippen molar-refractivity contribution in [1.29, 1.82) is 0 Å². The van der Waals surface area contributed by atoms with Gasteiger partial charge in [-0.2, -0.15) is 0 Å².